The molecule has 0 saturated carbocycles. The van der Waals surface area contributed by atoms with Crippen molar-refractivity contribution in [2.75, 3.05) is 0 Å². The van der Waals surface area contributed by atoms with E-state index in [-0.39, 0.29) is 11.5 Å². The Kier molecular flexibility index (Phi) is 3.48. The number of H-pyrrole nitrogens is 3. The van der Waals surface area contributed by atoms with Crippen LogP contribution in [0.2, 0.25) is 0 Å². The van der Waals surface area contributed by atoms with Crippen molar-refractivity contribution in [3.8, 4) is 0 Å². The first-order valence-corrected chi connectivity index (χ1v) is 8.22. The highest BCUT2D eigenvalue weighted by molar-refractivity contribution is 6.07. The van der Waals surface area contributed by atoms with Gasteiger partial charge in [-0.15, -0.1) is 0 Å². The third-order valence-corrected chi connectivity index (χ3v) is 4.57. The molecule has 1 aromatic carbocycles. The highest BCUT2D eigenvalue weighted by Gasteiger charge is 2.16. The van der Waals surface area contributed by atoms with E-state index in [1.165, 1.54) is 24.6 Å². The number of pyridine rings is 1. The van der Waals surface area contributed by atoms with E-state index in [0.717, 1.165) is 42.1 Å². The van der Waals surface area contributed by atoms with E-state index in [9.17, 15) is 9.59 Å². The average molecular weight is 325 g/mol. The summed E-state index contributed by atoms with van der Waals surface area (Å²) in [5, 5.41) is 11.9. The molecule has 0 fully saturated rings. The molecule has 1 aliphatic rings. The van der Waals surface area contributed by atoms with Gasteiger partial charge in [-0.2, -0.15) is 5.10 Å². The highest BCUT2D eigenvalue weighted by Crippen LogP contribution is 2.29. The molecule has 4 rings (SSSR count). The second-order valence-corrected chi connectivity index (χ2v) is 6.29. The number of amides is 1. The van der Waals surface area contributed by atoms with Crippen LogP contribution >= 0.6 is 0 Å². The maximum atomic E-state index is 12.3. The molecule has 3 aromatic rings. The fraction of sp³-hybridized carbons (Fsp3) is 0.353. The van der Waals surface area contributed by atoms with Gasteiger partial charge in [0, 0.05) is 18.0 Å². The number of aromatic amines is 3. The van der Waals surface area contributed by atoms with E-state index in [1.807, 2.05) is 6.07 Å². The van der Waals surface area contributed by atoms with Crippen LogP contribution in [0.5, 0.6) is 0 Å². The summed E-state index contributed by atoms with van der Waals surface area (Å²) in [5.74, 6) is -0.249. The Labute approximate surface area is 137 Å². The molecule has 1 aliphatic carbocycles. The standard InChI is InChI=1S/C17H19N5O2/c1-9(23)19-20-10-7-12-15-14(8-10)18-13-6-4-2-3-5-11(13)16(15)21-22-17(12)24/h7-8,18,21H,2-6H2,1H3,(H,19,23)(H,22,24)/b20-10-. The van der Waals surface area contributed by atoms with Crippen molar-refractivity contribution in [2.24, 2.45) is 5.10 Å². The van der Waals surface area contributed by atoms with Crippen molar-refractivity contribution >= 4 is 27.7 Å². The van der Waals surface area contributed by atoms with Gasteiger partial charge in [0.05, 0.1) is 21.8 Å². The first-order valence-electron chi connectivity index (χ1n) is 8.22. The van der Waals surface area contributed by atoms with E-state index < -0.39 is 0 Å². The van der Waals surface area contributed by atoms with Crippen molar-refractivity contribution in [2.45, 2.75) is 39.0 Å². The minimum absolute atomic E-state index is 0.200. The van der Waals surface area contributed by atoms with Crippen LogP contribution in [-0.2, 0) is 17.6 Å². The summed E-state index contributed by atoms with van der Waals surface area (Å²) in [6, 6.07) is 3.57. The Morgan fingerprint density at radius 1 is 1.17 bits per heavy atom. The molecule has 7 heteroatoms. The van der Waals surface area contributed by atoms with Gasteiger partial charge in [0.25, 0.3) is 5.56 Å². The number of fused-ring (bicyclic) bond motifs is 2. The van der Waals surface area contributed by atoms with Gasteiger partial charge < -0.3 is 4.98 Å². The third kappa shape index (κ3) is 2.42. The number of aryl methyl sites for hydroxylation is 2. The van der Waals surface area contributed by atoms with Crippen LogP contribution in [0, 0.1) is 0 Å². The molecule has 0 unspecified atom stereocenters. The SMILES string of the molecule is CC(=O)N/N=c1\cc2[nH]c3c(c4[nH][nH]c(=O)c(c1)c24)CCCCC3. The molecule has 1 amide bonds. The number of hydrogen-bond donors (Lipinski definition) is 4. The fourth-order valence-electron chi connectivity index (χ4n) is 3.52. The largest absolute Gasteiger partial charge is 0.358 e. The Bertz CT molecular complexity index is 1070. The van der Waals surface area contributed by atoms with Crippen molar-refractivity contribution in [3.05, 3.63) is 39.1 Å². The first-order chi connectivity index (χ1) is 11.6. The molecule has 124 valence electrons. The maximum Gasteiger partial charge on any atom is 0.270 e. The van der Waals surface area contributed by atoms with Gasteiger partial charge >= 0.3 is 0 Å². The van der Waals surface area contributed by atoms with E-state index in [1.54, 1.807) is 6.07 Å². The molecule has 2 aromatic heterocycles. The highest BCUT2D eigenvalue weighted by atomic mass is 16.2. The van der Waals surface area contributed by atoms with Gasteiger partial charge in [-0.1, -0.05) is 6.42 Å². The third-order valence-electron chi connectivity index (χ3n) is 4.57. The number of benzene rings is 1. The van der Waals surface area contributed by atoms with Crippen LogP contribution in [0.25, 0.3) is 21.8 Å². The molecular formula is C17H19N5O2. The quantitative estimate of drug-likeness (QED) is 0.402. The smallest absolute Gasteiger partial charge is 0.270 e. The molecular weight excluding hydrogens is 306 g/mol. The molecule has 0 atom stereocenters. The number of carbonyl (C=O) groups excluding carboxylic acids is 1. The second-order valence-electron chi connectivity index (χ2n) is 6.29. The molecule has 2 heterocycles. The van der Waals surface area contributed by atoms with Crippen molar-refractivity contribution in [1.29, 1.82) is 0 Å². The van der Waals surface area contributed by atoms with Gasteiger partial charge in [-0.25, -0.2) is 5.43 Å². The van der Waals surface area contributed by atoms with Crippen molar-refractivity contribution < 1.29 is 4.79 Å². The second kappa shape index (κ2) is 5.67. The van der Waals surface area contributed by atoms with Crippen LogP contribution in [-0.4, -0.2) is 21.1 Å². The molecule has 24 heavy (non-hydrogen) atoms. The van der Waals surface area contributed by atoms with Crippen molar-refractivity contribution in [3.63, 3.8) is 0 Å². The lowest BCUT2D eigenvalue weighted by Crippen LogP contribution is -2.19. The predicted octanol–water partition coefficient (Wildman–Crippen LogP) is 1.56. The number of hydrogen-bond acceptors (Lipinski definition) is 3. The number of nitrogens with one attached hydrogen (secondary N) is 4. The Morgan fingerprint density at radius 2 is 2.00 bits per heavy atom. The minimum atomic E-state index is -0.249. The van der Waals surface area contributed by atoms with Crippen molar-refractivity contribution in [1.82, 2.24) is 20.6 Å². The van der Waals surface area contributed by atoms with E-state index in [2.05, 4.69) is 25.7 Å². The van der Waals surface area contributed by atoms with Crippen LogP contribution in [0.1, 0.15) is 37.4 Å². The summed E-state index contributed by atoms with van der Waals surface area (Å²) in [7, 11) is 0. The first kappa shape index (κ1) is 14.7. The molecule has 7 nitrogen and oxygen atoms in total. The van der Waals surface area contributed by atoms with Gasteiger partial charge in [-0.05, 0) is 43.4 Å². The zero-order valence-electron chi connectivity index (χ0n) is 13.5. The van der Waals surface area contributed by atoms with Crippen LogP contribution in [0.4, 0.5) is 0 Å². The summed E-state index contributed by atoms with van der Waals surface area (Å²) in [6.07, 6.45) is 5.51. The number of aromatic nitrogens is 3. The van der Waals surface area contributed by atoms with Crippen LogP contribution in [0.15, 0.2) is 22.0 Å². The lowest BCUT2D eigenvalue weighted by atomic mass is 10.0. The van der Waals surface area contributed by atoms with Crippen LogP contribution in [0.3, 0.4) is 0 Å². The van der Waals surface area contributed by atoms with Gasteiger partial charge in [0.15, 0.2) is 0 Å². The van der Waals surface area contributed by atoms with Gasteiger partial charge in [-0.3, -0.25) is 19.8 Å². The van der Waals surface area contributed by atoms with E-state index >= 15 is 0 Å². The number of nitrogens with zero attached hydrogens (tertiary/aromatic N) is 1. The topological polar surface area (TPSA) is 106 Å². The lowest BCUT2D eigenvalue weighted by Gasteiger charge is -2.14. The minimum Gasteiger partial charge on any atom is -0.358 e. The fourth-order valence-corrected chi connectivity index (χ4v) is 3.52. The summed E-state index contributed by atoms with van der Waals surface area (Å²) in [6.45, 7) is 1.40. The summed E-state index contributed by atoms with van der Waals surface area (Å²) in [5.41, 5.74) is 6.53. The number of rotatable bonds is 1. The number of carbonyl (C=O) groups is 1. The molecule has 0 aliphatic heterocycles. The van der Waals surface area contributed by atoms with E-state index in [4.69, 9.17) is 0 Å². The monoisotopic (exact) mass is 325 g/mol. The molecule has 4 N–H and O–H groups in total. The normalized spacial score (nSPS) is 15.5. The zero-order chi connectivity index (χ0) is 16.7. The van der Waals surface area contributed by atoms with Crippen LogP contribution < -0.4 is 16.3 Å². The average Bonchev–Trinajstić information content (AvgIpc) is 2.80. The summed E-state index contributed by atoms with van der Waals surface area (Å²) < 4.78 is 0. The zero-order valence-corrected chi connectivity index (χ0v) is 13.5. The molecule has 0 radical (unpaired) electrons. The van der Waals surface area contributed by atoms with Gasteiger partial charge in [0.1, 0.15) is 0 Å². The lowest BCUT2D eigenvalue weighted by molar-refractivity contribution is -0.119. The maximum absolute atomic E-state index is 12.3. The Balaban J connectivity index is 2.09. The Hall–Kier alpha value is -2.83. The predicted molar refractivity (Wildman–Crippen MR) is 91.4 cm³/mol. The summed E-state index contributed by atoms with van der Waals surface area (Å²) >= 11 is 0. The molecule has 0 saturated heterocycles. The summed E-state index contributed by atoms with van der Waals surface area (Å²) in [4.78, 5) is 26.9. The molecule has 0 spiro atoms. The Morgan fingerprint density at radius 3 is 2.83 bits per heavy atom. The molecule has 0 bridgehead atoms. The van der Waals surface area contributed by atoms with E-state index in [0.29, 0.717) is 10.7 Å². The van der Waals surface area contributed by atoms with Gasteiger partial charge in [0.2, 0.25) is 5.91 Å².